The van der Waals surface area contributed by atoms with Gasteiger partial charge in [-0.3, -0.25) is 4.79 Å². The van der Waals surface area contributed by atoms with E-state index in [0.717, 1.165) is 6.42 Å². The minimum absolute atomic E-state index is 0.0951. The van der Waals surface area contributed by atoms with E-state index in [-0.39, 0.29) is 11.5 Å². The fourth-order valence-electron chi connectivity index (χ4n) is 1.91. The minimum atomic E-state index is -4.63. The van der Waals surface area contributed by atoms with Crippen LogP contribution in [0.1, 0.15) is 30.6 Å². The quantitative estimate of drug-likeness (QED) is 0.667. The van der Waals surface area contributed by atoms with E-state index < -0.39 is 42.1 Å². The molecule has 0 aromatic heterocycles. The van der Waals surface area contributed by atoms with Crippen LogP contribution >= 0.6 is 22.3 Å². The number of hydrogen-bond donors (Lipinski definition) is 1. The summed E-state index contributed by atoms with van der Waals surface area (Å²) in [6.07, 6.45) is 0.723. The highest BCUT2D eigenvalue weighted by Crippen LogP contribution is 2.45. The van der Waals surface area contributed by atoms with Gasteiger partial charge in [-0.2, -0.15) is 0 Å². The van der Waals surface area contributed by atoms with Crippen LogP contribution in [0.3, 0.4) is 0 Å². The molecule has 1 aromatic rings. The number of amides is 1. The molecule has 0 radical (unpaired) electrons. The van der Waals surface area contributed by atoms with Gasteiger partial charge in [0.15, 0.2) is 11.6 Å². The fourth-order valence-corrected chi connectivity index (χ4v) is 3.63. The molecule has 1 atom stereocenters. The maximum absolute atomic E-state index is 13.5. The molecule has 116 valence electrons. The summed E-state index contributed by atoms with van der Waals surface area (Å²) < 4.78 is 49.6. The molecule has 1 saturated carbocycles. The number of rotatable bonds is 3. The lowest BCUT2D eigenvalue weighted by Gasteiger charge is -2.11. The highest BCUT2D eigenvalue weighted by atomic mass is 35.7. The van der Waals surface area contributed by atoms with Crippen molar-refractivity contribution in [2.75, 3.05) is 0 Å². The van der Waals surface area contributed by atoms with E-state index in [2.05, 4.69) is 5.32 Å². The van der Waals surface area contributed by atoms with Crippen molar-refractivity contribution in [1.82, 2.24) is 5.32 Å². The second-order valence-corrected chi connectivity index (χ2v) is 8.40. The van der Waals surface area contributed by atoms with Gasteiger partial charge in [0.05, 0.1) is 10.6 Å². The molecular formula is C12H11Cl2F2NO3S. The van der Waals surface area contributed by atoms with Crippen LogP contribution in [0.4, 0.5) is 8.78 Å². The Morgan fingerprint density at radius 2 is 1.95 bits per heavy atom. The van der Waals surface area contributed by atoms with Crippen molar-refractivity contribution < 1.29 is 22.0 Å². The van der Waals surface area contributed by atoms with Gasteiger partial charge in [-0.25, -0.2) is 17.2 Å². The van der Waals surface area contributed by atoms with Crippen molar-refractivity contribution in [3.05, 3.63) is 28.3 Å². The fraction of sp³-hybridized carbons (Fsp3) is 0.417. The Morgan fingerprint density at radius 1 is 1.43 bits per heavy atom. The largest absolute Gasteiger partial charge is 0.349 e. The molecule has 0 spiro atoms. The van der Waals surface area contributed by atoms with Gasteiger partial charge in [-0.1, -0.05) is 25.4 Å². The normalized spacial score (nSPS) is 20.2. The van der Waals surface area contributed by atoms with Crippen LogP contribution in [-0.2, 0) is 9.05 Å². The molecule has 1 amide bonds. The zero-order valence-corrected chi connectivity index (χ0v) is 13.3. The van der Waals surface area contributed by atoms with Crippen LogP contribution in [0, 0.1) is 17.0 Å². The van der Waals surface area contributed by atoms with Crippen molar-refractivity contribution in [3.8, 4) is 0 Å². The van der Waals surface area contributed by atoms with Crippen LogP contribution in [0.2, 0.25) is 5.02 Å². The maximum Gasteiger partial charge on any atom is 0.265 e. The van der Waals surface area contributed by atoms with Gasteiger partial charge in [0.1, 0.15) is 4.90 Å². The summed E-state index contributed by atoms with van der Waals surface area (Å²) in [5, 5.41) is 1.84. The van der Waals surface area contributed by atoms with Gasteiger partial charge in [0, 0.05) is 16.7 Å². The van der Waals surface area contributed by atoms with Crippen LogP contribution < -0.4 is 5.32 Å². The van der Waals surface area contributed by atoms with Gasteiger partial charge in [-0.15, -0.1) is 0 Å². The molecule has 1 N–H and O–H groups in total. The smallest absolute Gasteiger partial charge is 0.265 e. The summed E-state index contributed by atoms with van der Waals surface area (Å²) in [6, 6.07) is 0.416. The highest BCUT2D eigenvalue weighted by molar-refractivity contribution is 8.13. The first-order valence-electron chi connectivity index (χ1n) is 5.88. The molecule has 0 heterocycles. The molecule has 0 saturated heterocycles. The number of nitrogens with one attached hydrogen (secondary N) is 1. The van der Waals surface area contributed by atoms with E-state index >= 15 is 0 Å². The zero-order valence-electron chi connectivity index (χ0n) is 11.0. The van der Waals surface area contributed by atoms with Gasteiger partial charge >= 0.3 is 0 Å². The van der Waals surface area contributed by atoms with Gasteiger partial charge in [0.25, 0.3) is 15.0 Å². The first kappa shape index (κ1) is 16.5. The van der Waals surface area contributed by atoms with Crippen molar-refractivity contribution in [3.63, 3.8) is 0 Å². The minimum Gasteiger partial charge on any atom is -0.349 e. The van der Waals surface area contributed by atoms with Crippen LogP contribution in [0.25, 0.3) is 0 Å². The Bertz CT molecular complexity index is 735. The molecule has 1 fully saturated rings. The van der Waals surface area contributed by atoms with Gasteiger partial charge < -0.3 is 5.32 Å². The molecule has 21 heavy (non-hydrogen) atoms. The van der Waals surface area contributed by atoms with E-state index in [9.17, 15) is 22.0 Å². The molecule has 9 heteroatoms. The van der Waals surface area contributed by atoms with E-state index in [4.69, 9.17) is 22.3 Å². The van der Waals surface area contributed by atoms with E-state index in [0.29, 0.717) is 6.07 Å². The lowest BCUT2D eigenvalue weighted by Crippen LogP contribution is -2.29. The average molecular weight is 358 g/mol. The molecule has 1 aliphatic carbocycles. The first-order valence-corrected chi connectivity index (χ1v) is 8.57. The maximum atomic E-state index is 13.5. The summed E-state index contributed by atoms with van der Waals surface area (Å²) in [6.45, 7) is 3.83. The third-order valence-electron chi connectivity index (χ3n) is 3.42. The Hall–Kier alpha value is -0.920. The summed E-state index contributed by atoms with van der Waals surface area (Å²) >= 11 is 5.71. The summed E-state index contributed by atoms with van der Waals surface area (Å²) in [7, 11) is 0.397. The number of benzene rings is 1. The summed E-state index contributed by atoms with van der Waals surface area (Å²) in [4.78, 5) is 10.8. The molecule has 4 nitrogen and oxygen atoms in total. The van der Waals surface area contributed by atoms with E-state index in [1.54, 1.807) is 0 Å². The van der Waals surface area contributed by atoms with Crippen molar-refractivity contribution in [2.45, 2.75) is 31.2 Å². The standard InChI is InChI=1S/C12H11Cl2F2NO3S/c1-12(2)4-7(12)17-11(18)5-3-6(15)9(16)10(8(5)13)21(14,19)20/h3,7H,4H2,1-2H3,(H,17,18). The number of carbonyl (C=O) groups excluding carboxylic acids is 1. The average Bonchev–Trinajstić information content (AvgIpc) is 2.89. The first-order chi connectivity index (χ1) is 9.45. The van der Waals surface area contributed by atoms with E-state index in [1.165, 1.54) is 0 Å². The summed E-state index contributed by atoms with van der Waals surface area (Å²) in [5.41, 5.74) is -0.570. The predicted molar refractivity (Wildman–Crippen MR) is 74.1 cm³/mol. The molecule has 1 aliphatic rings. The Morgan fingerprint density at radius 3 is 2.38 bits per heavy atom. The molecule has 0 aliphatic heterocycles. The number of hydrogen-bond acceptors (Lipinski definition) is 3. The topological polar surface area (TPSA) is 63.2 Å². The Kier molecular flexibility index (Phi) is 3.97. The molecule has 2 rings (SSSR count). The van der Waals surface area contributed by atoms with Crippen LogP contribution in [0.15, 0.2) is 11.0 Å². The third-order valence-corrected chi connectivity index (χ3v) is 5.26. The Labute approximate surface area is 129 Å². The lowest BCUT2D eigenvalue weighted by atomic mass is 10.1. The molecule has 0 bridgehead atoms. The monoisotopic (exact) mass is 357 g/mol. The second kappa shape index (κ2) is 5.07. The number of halogens is 4. The Balaban J connectivity index is 2.46. The summed E-state index contributed by atoms with van der Waals surface area (Å²) in [5.74, 6) is -4.01. The van der Waals surface area contributed by atoms with E-state index in [1.807, 2.05) is 13.8 Å². The van der Waals surface area contributed by atoms with Crippen LogP contribution in [-0.4, -0.2) is 20.4 Å². The lowest BCUT2D eigenvalue weighted by molar-refractivity contribution is 0.0945. The molecule has 1 aromatic carbocycles. The second-order valence-electron chi connectivity index (χ2n) is 5.52. The number of carbonyl (C=O) groups is 1. The molecular weight excluding hydrogens is 347 g/mol. The van der Waals surface area contributed by atoms with Gasteiger partial charge in [-0.05, 0) is 17.9 Å². The van der Waals surface area contributed by atoms with Crippen molar-refractivity contribution >= 4 is 37.2 Å². The molecule has 1 unspecified atom stereocenters. The third kappa shape index (κ3) is 3.14. The van der Waals surface area contributed by atoms with Crippen LogP contribution in [0.5, 0.6) is 0 Å². The highest BCUT2D eigenvalue weighted by Gasteiger charge is 2.47. The van der Waals surface area contributed by atoms with Gasteiger partial charge in [0.2, 0.25) is 0 Å². The SMILES string of the molecule is CC1(C)CC1NC(=O)c1cc(F)c(F)c(S(=O)(=O)Cl)c1Cl. The van der Waals surface area contributed by atoms with Crippen molar-refractivity contribution in [1.29, 1.82) is 0 Å². The van der Waals surface area contributed by atoms with Crippen molar-refractivity contribution in [2.24, 2.45) is 5.41 Å². The predicted octanol–water partition coefficient (Wildman–Crippen LogP) is 3.07. The zero-order chi connectivity index (χ0) is 16.2.